The zero-order valence-corrected chi connectivity index (χ0v) is 21.8. The number of nitrogens with zero attached hydrogens (tertiary/aromatic N) is 6. The van der Waals surface area contributed by atoms with Crippen molar-refractivity contribution < 1.29 is 28.9 Å². The number of ether oxygens (including phenoxy) is 2. The Labute approximate surface area is 228 Å². The number of benzene rings is 2. The molecule has 0 N–H and O–H groups in total. The van der Waals surface area contributed by atoms with Crippen LogP contribution in [-0.2, 0) is 22.7 Å². The quantitative estimate of drug-likeness (QED) is 0.292. The highest BCUT2D eigenvalue weighted by atomic mass is 32.1. The zero-order chi connectivity index (χ0) is 28.1. The Balaban J connectivity index is 1.32. The van der Waals surface area contributed by atoms with Crippen molar-refractivity contribution in [2.24, 2.45) is 4.99 Å². The second kappa shape index (κ2) is 12.0. The van der Waals surface area contributed by atoms with E-state index in [-0.39, 0.29) is 42.9 Å². The molecule has 2 aromatic carbocycles. The third-order valence-electron chi connectivity index (χ3n) is 6.11. The van der Waals surface area contributed by atoms with E-state index in [0.717, 1.165) is 0 Å². The van der Waals surface area contributed by atoms with Crippen LogP contribution in [-0.4, -0.2) is 87.2 Å². The summed E-state index contributed by atoms with van der Waals surface area (Å²) in [5.74, 6) is 0.437. The zero-order valence-electron chi connectivity index (χ0n) is 20.9. The summed E-state index contributed by atoms with van der Waals surface area (Å²) in [6.07, 6.45) is -1.23. The Morgan fingerprint density at radius 2 is 1.46 bits per heavy atom. The summed E-state index contributed by atoms with van der Waals surface area (Å²) < 4.78 is 10.7. The number of hydrogen-bond donors (Lipinski definition) is 1. The van der Waals surface area contributed by atoms with Crippen molar-refractivity contribution in [2.75, 3.05) is 33.2 Å². The Bertz CT molecular complexity index is 1270. The molecule has 14 nitrogen and oxygen atoms in total. The van der Waals surface area contributed by atoms with Crippen LogP contribution >= 0.6 is 12.6 Å². The number of likely N-dealkylation sites (tertiary alicyclic amines) is 1. The highest BCUT2D eigenvalue weighted by Gasteiger charge is 2.39. The molecular formula is C24H26N6O8S. The van der Waals surface area contributed by atoms with E-state index >= 15 is 0 Å². The number of hydrogen-bond acceptors (Lipinski definition) is 11. The van der Waals surface area contributed by atoms with Gasteiger partial charge >= 0.3 is 12.2 Å². The van der Waals surface area contributed by atoms with Crippen molar-refractivity contribution in [3.8, 4) is 0 Å². The van der Waals surface area contributed by atoms with Gasteiger partial charge in [0.05, 0.1) is 22.4 Å². The lowest BCUT2D eigenvalue weighted by molar-refractivity contribution is -0.385. The summed E-state index contributed by atoms with van der Waals surface area (Å²) in [5, 5.41) is 21.8. The number of thiol groups is 1. The number of aliphatic imine (C=N–C) groups is 1. The predicted molar refractivity (Wildman–Crippen MR) is 141 cm³/mol. The molecule has 206 valence electrons. The monoisotopic (exact) mass is 558 g/mol. The summed E-state index contributed by atoms with van der Waals surface area (Å²) in [5.41, 5.74) is 1.08. The predicted octanol–water partition coefficient (Wildman–Crippen LogP) is 3.06. The number of non-ortho nitro benzene ring substituents is 2. The lowest BCUT2D eigenvalue weighted by Crippen LogP contribution is -2.56. The minimum atomic E-state index is -0.624. The number of carbonyl (C=O) groups excluding carboxylic acids is 2. The minimum Gasteiger partial charge on any atom is -0.445 e. The van der Waals surface area contributed by atoms with Crippen molar-refractivity contribution in [1.29, 1.82) is 0 Å². The van der Waals surface area contributed by atoms with E-state index in [9.17, 15) is 29.8 Å². The molecule has 0 radical (unpaired) electrons. The molecule has 2 aliphatic heterocycles. The Morgan fingerprint density at radius 1 is 0.949 bits per heavy atom. The second-order valence-corrected chi connectivity index (χ2v) is 9.82. The highest BCUT2D eigenvalue weighted by molar-refractivity contribution is 7.81. The third-order valence-corrected chi connectivity index (χ3v) is 6.44. The maximum Gasteiger partial charge on any atom is 0.417 e. The summed E-state index contributed by atoms with van der Waals surface area (Å²) in [7, 11) is 1.55. The van der Waals surface area contributed by atoms with Crippen LogP contribution in [0.25, 0.3) is 0 Å². The van der Waals surface area contributed by atoms with Crippen LogP contribution in [0.1, 0.15) is 11.1 Å². The molecule has 39 heavy (non-hydrogen) atoms. The Hall–Kier alpha value is -4.40. The van der Waals surface area contributed by atoms with Gasteiger partial charge in [0.25, 0.3) is 11.4 Å². The van der Waals surface area contributed by atoms with Crippen LogP contribution in [0.3, 0.4) is 0 Å². The van der Waals surface area contributed by atoms with Gasteiger partial charge in [-0.3, -0.25) is 20.2 Å². The van der Waals surface area contributed by atoms with Crippen LogP contribution in [0.15, 0.2) is 53.5 Å². The molecule has 2 amide bonds. The van der Waals surface area contributed by atoms with Gasteiger partial charge in [-0.05, 0) is 35.4 Å². The van der Waals surface area contributed by atoms with Gasteiger partial charge in [0, 0.05) is 56.2 Å². The maximum absolute atomic E-state index is 12.9. The molecule has 0 spiro atoms. The van der Waals surface area contributed by atoms with Gasteiger partial charge in [-0.2, -0.15) is 12.6 Å². The number of amides is 2. The van der Waals surface area contributed by atoms with Crippen LogP contribution in [0.5, 0.6) is 0 Å². The molecule has 1 saturated heterocycles. The van der Waals surface area contributed by atoms with E-state index in [0.29, 0.717) is 30.2 Å². The maximum atomic E-state index is 12.9. The van der Waals surface area contributed by atoms with Crippen LogP contribution in [0.4, 0.5) is 21.0 Å². The number of rotatable bonds is 8. The first-order valence-electron chi connectivity index (χ1n) is 11.9. The van der Waals surface area contributed by atoms with Gasteiger partial charge in [0.2, 0.25) is 5.96 Å². The first kappa shape index (κ1) is 27.6. The lowest BCUT2D eigenvalue weighted by atomic mass is 10.2. The first-order valence-corrected chi connectivity index (χ1v) is 12.4. The normalized spacial score (nSPS) is 16.8. The van der Waals surface area contributed by atoms with Gasteiger partial charge in [-0.1, -0.05) is 0 Å². The molecule has 2 aliphatic rings. The topological polar surface area (TPSA) is 161 Å². The summed E-state index contributed by atoms with van der Waals surface area (Å²) in [6, 6.07) is 11.0. The summed E-state index contributed by atoms with van der Waals surface area (Å²) >= 11 is 4.42. The number of likely N-dealkylation sites (N-methyl/N-ethyl adjacent to an activating group) is 1. The molecule has 1 unspecified atom stereocenters. The minimum absolute atomic E-state index is 0.0562. The molecule has 0 bridgehead atoms. The fourth-order valence-corrected chi connectivity index (χ4v) is 4.38. The smallest absolute Gasteiger partial charge is 0.417 e. The molecule has 2 aromatic rings. The molecular weight excluding hydrogens is 532 g/mol. The second-order valence-electron chi connectivity index (χ2n) is 9.09. The van der Waals surface area contributed by atoms with E-state index in [4.69, 9.17) is 9.47 Å². The van der Waals surface area contributed by atoms with Crippen LogP contribution < -0.4 is 0 Å². The number of carbonyl (C=O) groups is 2. The lowest BCUT2D eigenvalue weighted by Gasteiger charge is -2.39. The SMILES string of the molecule is CN(CC1CN(C(=O)OCc2ccc([N+](=O)[O-])cc2)C(N2CC(S)C2)=N1)C(=O)OCc1ccc([N+](=O)[O-])cc1. The molecule has 0 saturated carbocycles. The van der Waals surface area contributed by atoms with Gasteiger partial charge in [-0.25, -0.2) is 19.5 Å². The molecule has 0 aromatic heterocycles. The summed E-state index contributed by atoms with van der Waals surface area (Å²) in [4.78, 5) is 55.4. The Morgan fingerprint density at radius 3 is 1.95 bits per heavy atom. The van der Waals surface area contributed by atoms with E-state index in [1.54, 1.807) is 7.05 Å². The van der Waals surface area contributed by atoms with Crippen molar-refractivity contribution in [2.45, 2.75) is 24.5 Å². The average Bonchev–Trinajstić information content (AvgIpc) is 3.32. The first-order chi connectivity index (χ1) is 18.6. The van der Waals surface area contributed by atoms with E-state index in [1.807, 2.05) is 4.90 Å². The standard InChI is InChI=1S/C24H26N6O8S/c1-26(23(31)37-14-16-2-6-19(7-3-16)29(33)34)10-18-11-28(22(25-18)27-12-21(39)13-27)24(32)38-15-17-4-8-20(9-5-17)30(35)36/h2-9,18,21,39H,10-15H2,1H3. The van der Waals surface area contributed by atoms with Crippen LogP contribution in [0, 0.1) is 20.2 Å². The summed E-state index contributed by atoms with van der Waals surface area (Å²) in [6.45, 7) is 1.44. The molecule has 1 atom stereocenters. The van der Waals surface area contributed by atoms with Crippen molar-refractivity contribution in [3.05, 3.63) is 79.9 Å². The Kier molecular flexibility index (Phi) is 8.49. The molecule has 15 heteroatoms. The fraction of sp³-hybridized carbons (Fsp3) is 0.375. The third kappa shape index (κ3) is 6.93. The largest absolute Gasteiger partial charge is 0.445 e. The number of nitro groups is 2. The average molecular weight is 559 g/mol. The van der Waals surface area contributed by atoms with Crippen LogP contribution in [0.2, 0.25) is 0 Å². The van der Waals surface area contributed by atoms with E-state index in [2.05, 4.69) is 17.6 Å². The van der Waals surface area contributed by atoms with Gasteiger partial charge in [0.1, 0.15) is 13.2 Å². The van der Waals surface area contributed by atoms with E-state index in [1.165, 1.54) is 58.3 Å². The van der Waals surface area contributed by atoms with Crippen molar-refractivity contribution in [3.63, 3.8) is 0 Å². The van der Waals surface area contributed by atoms with Crippen molar-refractivity contribution >= 4 is 42.1 Å². The molecule has 1 fully saturated rings. The van der Waals surface area contributed by atoms with Gasteiger partial charge in [-0.15, -0.1) is 0 Å². The highest BCUT2D eigenvalue weighted by Crippen LogP contribution is 2.22. The molecule has 2 heterocycles. The van der Waals surface area contributed by atoms with E-state index < -0.39 is 28.1 Å². The fourth-order valence-electron chi connectivity index (χ4n) is 3.99. The van der Waals surface area contributed by atoms with Gasteiger partial charge in [0.15, 0.2) is 0 Å². The molecule has 4 rings (SSSR count). The van der Waals surface area contributed by atoms with Gasteiger partial charge < -0.3 is 19.3 Å². The van der Waals surface area contributed by atoms with Crippen molar-refractivity contribution in [1.82, 2.24) is 14.7 Å². The number of guanidine groups is 1. The molecule has 0 aliphatic carbocycles. The number of nitro benzene ring substituents is 2.